The monoisotopic (exact) mass is 808 g/mol. The highest BCUT2D eigenvalue weighted by Gasteiger charge is 2.49. The number of ether oxygens (including phenoxy) is 2. The lowest BCUT2D eigenvalue weighted by molar-refractivity contribution is -0.127. The summed E-state index contributed by atoms with van der Waals surface area (Å²) in [4.78, 5) is 21.2. The minimum Gasteiger partial charge on any atom is -0.465 e. The molecule has 314 valence electrons. The topological polar surface area (TPSA) is 130 Å². The number of rotatable bonds is 10. The van der Waals surface area contributed by atoms with Crippen molar-refractivity contribution in [3.05, 3.63) is 93.8 Å². The Morgan fingerprint density at radius 3 is 2.75 bits per heavy atom. The van der Waals surface area contributed by atoms with E-state index in [1.807, 2.05) is 36.5 Å². The number of nitrogens with zero attached hydrogens (tertiary/aromatic N) is 2. The molecule has 0 saturated heterocycles. The summed E-state index contributed by atoms with van der Waals surface area (Å²) in [5, 5.41) is 27.0. The number of Topliss-reactive ketones (excluding diaryl/α,β-unsaturated/α-hetero) is 1. The van der Waals surface area contributed by atoms with Gasteiger partial charge in [-0.25, -0.2) is 0 Å². The van der Waals surface area contributed by atoms with Crippen LogP contribution in [0.15, 0.2) is 71.0 Å². The molecular weight excluding hydrogens is 749 g/mol. The number of carbonyl (C=O) groups excluding carboxylic acids is 1. The van der Waals surface area contributed by atoms with Gasteiger partial charge in [-0.15, -0.1) is 0 Å². The molecule has 2 bridgehead atoms. The number of aliphatic hydroxyl groups is 2. The van der Waals surface area contributed by atoms with Crippen LogP contribution >= 0.6 is 0 Å². The predicted molar refractivity (Wildman–Crippen MR) is 233 cm³/mol. The van der Waals surface area contributed by atoms with Crippen molar-refractivity contribution in [2.24, 2.45) is 39.8 Å². The second-order valence-electron chi connectivity index (χ2n) is 18.3. The van der Waals surface area contributed by atoms with E-state index in [0.29, 0.717) is 49.6 Å². The summed E-state index contributed by atoms with van der Waals surface area (Å²) in [5.41, 5.74) is 14.3. The van der Waals surface area contributed by atoms with Crippen LogP contribution in [0.2, 0.25) is 0 Å². The lowest BCUT2D eigenvalue weighted by Crippen LogP contribution is -2.47. The Kier molecular flexibility index (Phi) is 11.8. The van der Waals surface area contributed by atoms with Gasteiger partial charge in [-0.2, -0.15) is 0 Å². The van der Waals surface area contributed by atoms with Gasteiger partial charge in [0.05, 0.1) is 35.9 Å². The van der Waals surface area contributed by atoms with Gasteiger partial charge in [-0.05, 0) is 96.4 Å². The summed E-state index contributed by atoms with van der Waals surface area (Å²) in [5.74, 6) is 11.5. The van der Waals surface area contributed by atoms with Gasteiger partial charge in [0.2, 0.25) is 0 Å². The van der Waals surface area contributed by atoms with Crippen molar-refractivity contribution >= 4 is 11.5 Å². The number of benzene rings is 2. The number of ketones is 1. The molecule has 5 heterocycles. The summed E-state index contributed by atoms with van der Waals surface area (Å²) in [7, 11) is 0. The van der Waals surface area contributed by atoms with Crippen LogP contribution in [-0.4, -0.2) is 52.0 Å². The average Bonchev–Trinajstić information content (AvgIpc) is 4.00. The second kappa shape index (κ2) is 17.4. The first kappa shape index (κ1) is 40.7. The highest BCUT2D eigenvalue weighted by Crippen LogP contribution is 2.49. The zero-order chi connectivity index (χ0) is 41.4. The van der Waals surface area contributed by atoms with E-state index in [1.165, 1.54) is 5.56 Å². The molecule has 0 amide bonds. The Morgan fingerprint density at radius 1 is 1.08 bits per heavy atom. The van der Waals surface area contributed by atoms with Crippen molar-refractivity contribution in [3.63, 3.8) is 0 Å². The van der Waals surface area contributed by atoms with Crippen molar-refractivity contribution in [2.75, 3.05) is 13.1 Å². The highest BCUT2D eigenvalue weighted by molar-refractivity contribution is 6.09. The first-order valence-corrected chi connectivity index (χ1v) is 22.7. The molecule has 9 rings (SSSR count). The van der Waals surface area contributed by atoms with Gasteiger partial charge in [0.15, 0.2) is 17.7 Å². The Labute approximate surface area is 355 Å². The number of allylic oxidation sites excluding steroid dienone is 2. The summed E-state index contributed by atoms with van der Waals surface area (Å²) < 4.78 is 13.4. The standard InChI is InChI=1S/C51H60N4O5/c1-3-4-5-8-39(48(58)34-13-9-32(2)10-14-34)45(57)18-11-33-12-20-46-47(27-33)60-50-42(51(24-26-59-46)22-6-7-23-51)17-19-44(56)37-15-16-38-36(21-25-53-49(38)52)40(37)28-35-29-54-43-31-55(50)30-41(35)43/h9,12-13,15-16,20,27,29-30,32,34,39,42,44,48-50,53,56,58H,3-8,10-11,14,18,21-23,25,28,31,52H2,1-2H3. The van der Waals surface area contributed by atoms with Gasteiger partial charge in [-0.1, -0.05) is 94.1 Å². The molecule has 7 aliphatic rings. The molecule has 1 spiro atoms. The van der Waals surface area contributed by atoms with Crippen LogP contribution in [0.5, 0.6) is 11.5 Å². The summed E-state index contributed by atoms with van der Waals surface area (Å²) in [6.45, 7) is 5.70. The van der Waals surface area contributed by atoms with Crippen LogP contribution < -0.4 is 20.5 Å². The van der Waals surface area contributed by atoms with E-state index in [0.717, 1.165) is 110 Å². The van der Waals surface area contributed by atoms with Crippen molar-refractivity contribution in [2.45, 2.75) is 128 Å². The maximum absolute atomic E-state index is 14.0. The molecule has 2 aromatic rings. The Balaban J connectivity index is 1.04. The molecule has 8 unspecified atom stereocenters. The summed E-state index contributed by atoms with van der Waals surface area (Å²) in [6.07, 6.45) is 20.8. The number of aliphatic imine (C=N–C) groups is 1. The number of aliphatic hydroxyl groups excluding tert-OH is 2. The van der Waals surface area contributed by atoms with E-state index < -0.39 is 29.8 Å². The van der Waals surface area contributed by atoms with Crippen LogP contribution in [-0.2, 0) is 24.1 Å². The second-order valence-corrected chi connectivity index (χ2v) is 18.3. The van der Waals surface area contributed by atoms with Crippen molar-refractivity contribution in [1.29, 1.82) is 0 Å². The third kappa shape index (κ3) is 7.98. The minimum absolute atomic E-state index is 0.0178. The van der Waals surface area contributed by atoms with Crippen molar-refractivity contribution in [1.82, 2.24) is 10.2 Å². The van der Waals surface area contributed by atoms with Crippen LogP contribution in [0.1, 0.15) is 125 Å². The van der Waals surface area contributed by atoms with Crippen molar-refractivity contribution in [3.8, 4) is 35.4 Å². The Bertz CT molecular complexity index is 2240. The van der Waals surface area contributed by atoms with E-state index in [2.05, 4.69) is 66.3 Å². The largest absolute Gasteiger partial charge is 0.465 e. The van der Waals surface area contributed by atoms with E-state index in [1.54, 1.807) is 0 Å². The first-order valence-electron chi connectivity index (χ1n) is 22.7. The molecule has 2 aliphatic carbocycles. The molecule has 5 N–H and O–H groups in total. The average molecular weight is 809 g/mol. The number of aryl methyl sites for hydroxylation is 1. The van der Waals surface area contributed by atoms with Gasteiger partial charge >= 0.3 is 0 Å². The molecule has 0 radical (unpaired) electrons. The van der Waals surface area contributed by atoms with Gasteiger partial charge in [-0.3, -0.25) is 15.1 Å². The van der Waals surface area contributed by atoms with E-state index in [9.17, 15) is 15.0 Å². The van der Waals surface area contributed by atoms with Gasteiger partial charge in [0.25, 0.3) is 0 Å². The lowest BCUT2D eigenvalue weighted by atomic mass is 9.73. The van der Waals surface area contributed by atoms with Crippen LogP contribution in [0.4, 0.5) is 0 Å². The highest BCUT2D eigenvalue weighted by atomic mass is 16.5. The molecule has 9 nitrogen and oxygen atoms in total. The molecule has 60 heavy (non-hydrogen) atoms. The summed E-state index contributed by atoms with van der Waals surface area (Å²) in [6, 6.07) is 9.93. The SMILES string of the molecule is CCCCCC(C(=O)CCc1ccc2c(c1)OC1C(C#CC(O)c3ccc4c(c3CC3=CN=C5CN1C=C35)CCNC4N)C1(C#CO2)CCCC1)C(O)C1C=CC(C)CC1. The number of nitrogens with two attached hydrogens (primary N) is 1. The molecule has 9 heteroatoms. The van der Waals surface area contributed by atoms with Gasteiger partial charge in [0, 0.05) is 49.2 Å². The van der Waals surface area contributed by atoms with Crippen LogP contribution in [0.3, 0.4) is 0 Å². The fourth-order valence-corrected chi connectivity index (χ4v) is 10.8. The zero-order valence-electron chi connectivity index (χ0n) is 35.2. The van der Waals surface area contributed by atoms with E-state index >= 15 is 0 Å². The van der Waals surface area contributed by atoms with Gasteiger partial charge in [0.1, 0.15) is 18.0 Å². The fourth-order valence-electron chi connectivity index (χ4n) is 10.8. The molecule has 1 saturated carbocycles. The van der Waals surface area contributed by atoms with Crippen LogP contribution in [0.25, 0.3) is 0 Å². The van der Waals surface area contributed by atoms with Gasteiger partial charge < -0.3 is 30.3 Å². The number of fused-ring (bicyclic) bond motifs is 8. The Hall–Kier alpha value is -4.64. The Morgan fingerprint density at radius 2 is 1.93 bits per heavy atom. The summed E-state index contributed by atoms with van der Waals surface area (Å²) >= 11 is 0. The number of carbonyl (C=O) groups is 1. The first-order chi connectivity index (χ1) is 29.2. The number of nitrogens with one attached hydrogen (secondary N) is 1. The molecule has 5 aliphatic heterocycles. The maximum Gasteiger partial charge on any atom is 0.187 e. The zero-order valence-corrected chi connectivity index (χ0v) is 35.2. The fraction of sp³-hybridized carbons (Fsp3) is 0.529. The third-order valence-electron chi connectivity index (χ3n) is 14.4. The number of hydrogen-bond acceptors (Lipinski definition) is 9. The normalized spacial score (nSPS) is 27.9. The van der Waals surface area contributed by atoms with E-state index in [-0.39, 0.29) is 23.8 Å². The van der Waals surface area contributed by atoms with Crippen molar-refractivity contribution < 1.29 is 24.5 Å². The molecular formula is C51H60N4O5. The maximum atomic E-state index is 14.0. The molecule has 0 aromatic heterocycles. The predicted octanol–water partition coefficient (Wildman–Crippen LogP) is 7.52. The van der Waals surface area contributed by atoms with E-state index in [4.69, 9.17) is 20.2 Å². The quantitative estimate of drug-likeness (QED) is 0.110. The minimum atomic E-state index is -1.02. The molecule has 8 atom stereocenters. The molecule has 1 fully saturated rings. The van der Waals surface area contributed by atoms with Crippen LogP contribution in [0, 0.1) is 53.0 Å². The smallest absolute Gasteiger partial charge is 0.187 e. The molecule has 2 aromatic carbocycles. The number of unbranched alkanes of at least 4 members (excludes halogenated alkanes) is 2. The third-order valence-corrected chi connectivity index (χ3v) is 14.4. The number of hydrogen-bond donors (Lipinski definition) is 4. The lowest BCUT2D eigenvalue weighted by Gasteiger charge is -2.39.